The number of aryl methyl sites for hydroxylation is 1. The van der Waals surface area contributed by atoms with Gasteiger partial charge in [-0.15, -0.1) is 0 Å². The summed E-state index contributed by atoms with van der Waals surface area (Å²) in [4.78, 5) is 40.0. The van der Waals surface area contributed by atoms with E-state index in [2.05, 4.69) is 26.6 Å². The number of rotatable bonds is 7. The Balaban J connectivity index is 1.60. The first-order valence-corrected chi connectivity index (χ1v) is 11.9. The average molecular weight is 571 g/mol. The Morgan fingerprint density at radius 2 is 1.67 bits per heavy atom. The Hall–Kier alpha value is -3.82. The van der Waals surface area contributed by atoms with E-state index in [4.69, 9.17) is 21.1 Å². The minimum Gasteiger partial charge on any atom is -0.497 e. The monoisotopic (exact) mass is 569 g/mol. The second-order valence-corrected chi connectivity index (χ2v) is 9.08. The quantitative estimate of drug-likeness (QED) is 0.366. The Kier molecular flexibility index (Phi) is 7.32. The molecular weight excluding hydrogens is 550 g/mol. The summed E-state index contributed by atoms with van der Waals surface area (Å²) in [5, 5.41) is 5.50. The highest BCUT2D eigenvalue weighted by Gasteiger charge is 2.40. The molecule has 3 aromatic carbocycles. The minimum absolute atomic E-state index is 0.104. The fourth-order valence-corrected chi connectivity index (χ4v) is 4.05. The van der Waals surface area contributed by atoms with Gasteiger partial charge in [0.15, 0.2) is 0 Å². The van der Waals surface area contributed by atoms with Crippen LogP contribution in [0.5, 0.6) is 11.5 Å². The zero-order valence-corrected chi connectivity index (χ0v) is 21.9. The topological polar surface area (TPSA) is 97.0 Å². The number of nitrogens with one attached hydrogen (secondary N) is 2. The van der Waals surface area contributed by atoms with Gasteiger partial charge in [-0.05, 0) is 61.0 Å². The van der Waals surface area contributed by atoms with E-state index in [1.165, 1.54) is 14.2 Å². The summed E-state index contributed by atoms with van der Waals surface area (Å²) < 4.78 is 11.4. The van der Waals surface area contributed by atoms with Gasteiger partial charge in [0, 0.05) is 27.5 Å². The fourth-order valence-electron chi connectivity index (χ4n) is 3.57. The molecule has 0 saturated carbocycles. The van der Waals surface area contributed by atoms with Crippen LogP contribution >= 0.6 is 27.5 Å². The molecule has 1 aliphatic heterocycles. The molecule has 3 aromatic rings. The van der Waals surface area contributed by atoms with Crippen LogP contribution in [0.25, 0.3) is 0 Å². The van der Waals surface area contributed by atoms with Gasteiger partial charge in [0.25, 0.3) is 17.7 Å². The van der Waals surface area contributed by atoms with E-state index >= 15 is 0 Å². The van der Waals surface area contributed by atoms with Gasteiger partial charge in [-0.25, -0.2) is 4.90 Å². The molecule has 0 unspecified atom stereocenters. The lowest BCUT2D eigenvalue weighted by molar-refractivity contribution is -0.120. The third kappa shape index (κ3) is 4.93. The number of hydrogen-bond acceptors (Lipinski definition) is 6. The van der Waals surface area contributed by atoms with Crippen LogP contribution in [0.3, 0.4) is 0 Å². The molecule has 0 bridgehead atoms. The maximum atomic E-state index is 13.3. The molecule has 10 heteroatoms. The molecule has 2 N–H and O–H groups in total. The van der Waals surface area contributed by atoms with Crippen molar-refractivity contribution in [2.45, 2.75) is 6.92 Å². The first-order chi connectivity index (χ1) is 17.2. The molecule has 0 atom stereocenters. The molecule has 36 heavy (non-hydrogen) atoms. The van der Waals surface area contributed by atoms with Crippen LogP contribution < -0.4 is 25.0 Å². The lowest BCUT2D eigenvalue weighted by Crippen LogP contribution is -2.32. The molecule has 0 aromatic heterocycles. The molecule has 1 aliphatic rings. The molecule has 8 nitrogen and oxygen atoms in total. The van der Waals surface area contributed by atoms with Crippen LogP contribution in [0.2, 0.25) is 0 Å². The molecule has 3 amide bonds. The number of halogens is 2. The highest BCUT2D eigenvalue weighted by molar-refractivity contribution is 9.10. The molecular formula is C26H21BrClN3O5. The van der Waals surface area contributed by atoms with Gasteiger partial charge >= 0.3 is 0 Å². The SMILES string of the molecule is COc1ccc(N2C(=O)C(Cl)=C(Nc3cc(C(=O)Nc4ccc(Br)cc4)ccc3C)C2=O)c(OC)c1. The number of amides is 3. The molecule has 1 heterocycles. The number of carbonyl (C=O) groups is 3. The normalized spacial score (nSPS) is 13.2. The second-order valence-electron chi connectivity index (χ2n) is 7.79. The van der Waals surface area contributed by atoms with Crippen LogP contribution in [0, 0.1) is 6.92 Å². The van der Waals surface area contributed by atoms with Gasteiger partial charge in [0.1, 0.15) is 22.2 Å². The zero-order valence-electron chi connectivity index (χ0n) is 19.5. The third-order valence-corrected chi connectivity index (χ3v) is 6.40. The van der Waals surface area contributed by atoms with E-state index in [-0.39, 0.29) is 28.1 Å². The predicted octanol–water partition coefficient (Wildman–Crippen LogP) is 5.46. The Bertz CT molecular complexity index is 1410. The van der Waals surface area contributed by atoms with Crippen molar-refractivity contribution in [1.29, 1.82) is 0 Å². The van der Waals surface area contributed by atoms with Crippen LogP contribution in [0.1, 0.15) is 15.9 Å². The highest BCUT2D eigenvalue weighted by atomic mass is 79.9. The highest BCUT2D eigenvalue weighted by Crippen LogP contribution is 2.38. The largest absolute Gasteiger partial charge is 0.497 e. The van der Waals surface area contributed by atoms with Crippen molar-refractivity contribution in [3.05, 3.63) is 87.0 Å². The number of methoxy groups -OCH3 is 2. The maximum absolute atomic E-state index is 13.3. The van der Waals surface area contributed by atoms with Crippen molar-refractivity contribution in [2.75, 3.05) is 29.8 Å². The summed E-state index contributed by atoms with van der Waals surface area (Å²) in [7, 11) is 2.92. The summed E-state index contributed by atoms with van der Waals surface area (Å²) in [6.07, 6.45) is 0. The molecule has 0 radical (unpaired) electrons. The van der Waals surface area contributed by atoms with Gasteiger partial charge in [0.05, 0.1) is 19.9 Å². The second kappa shape index (κ2) is 10.4. The number of hydrogen-bond donors (Lipinski definition) is 2. The van der Waals surface area contributed by atoms with Crippen molar-refractivity contribution >= 4 is 62.3 Å². The van der Waals surface area contributed by atoms with Crippen molar-refractivity contribution in [3.63, 3.8) is 0 Å². The van der Waals surface area contributed by atoms with Crippen molar-refractivity contribution in [3.8, 4) is 11.5 Å². The van der Waals surface area contributed by atoms with Gasteiger partial charge in [0.2, 0.25) is 0 Å². The average Bonchev–Trinajstić information content (AvgIpc) is 3.09. The maximum Gasteiger partial charge on any atom is 0.283 e. The number of benzene rings is 3. The standard InChI is InChI=1S/C26H21BrClN3O5/c1-14-4-5-15(24(32)29-17-8-6-16(27)7-9-17)12-19(14)30-23-22(28)25(33)31(26(23)34)20-11-10-18(35-2)13-21(20)36-3/h4-13,30H,1-3H3,(H,29,32). The van der Waals surface area contributed by atoms with Crippen molar-refractivity contribution < 1.29 is 23.9 Å². The first kappa shape index (κ1) is 25.3. The van der Waals surface area contributed by atoms with Crippen LogP contribution in [-0.4, -0.2) is 31.9 Å². The van der Waals surface area contributed by atoms with Gasteiger partial charge < -0.3 is 20.1 Å². The molecule has 0 saturated heterocycles. The molecule has 0 spiro atoms. The molecule has 4 rings (SSSR count). The first-order valence-electron chi connectivity index (χ1n) is 10.7. The predicted molar refractivity (Wildman–Crippen MR) is 142 cm³/mol. The van der Waals surface area contributed by atoms with Crippen LogP contribution in [0.15, 0.2) is 75.9 Å². The van der Waals surface area contributed by atoms with Gasteiger partial charge in [-0.1, -0.05) is 33.6 Å². The Morgan fingerprint density at radius 1 is 0.944 bits per heavy atom. The van der Waals surface area contributed by atoms with E-state index < -0.39 is 11.8 Å². The smallest absolute Gasteiger partial charge is 0.283 e. The number of imide groups is 1. The number of carbonyl (C=O) groups excluding carboxylic acids is 3. The van der Waals surface area contributed by atoms with Crippen molar-refractivity contribution in [1.82, 2.24) is 0 Å². The van der Waals surface area contributed by atoms with E-state index in [0.29, 0.717) is 22.7 Å². The number of ether oxygens (including phenoxy) is 2. The summed E-state index contributed by atoms with van der Waals surface area (Å²) in [6, 6.07) is 16.9. The molecule has 0 aliphatic carbocycles. The van der Waals surface area contributed by atoms with Gasteiger partial charge in [-0.2, -0.15) is 0 Å². The minimum atomic E-state index is -0.700. The summed E-state index contributed by atoms with van der Waals surface area (Å²) >= 11 is 9.66. The van der Waals surface area contributed by atoms with E-state index in [9.17, 15) is 14.4 Å². The van der Waals surface area contributed by atoms with Gasteiger partial charge in [-0.3, -0.25) is 14.4 Å². The molecule has 0 fully saturated rings. The summed E-state index contributed by atoms with van der Waals surface area (Å²) in [6.45, 7) is 1.80. The van der Waals surface area contributed by atoms with E-state index in [0.717, 1.165) is 14.9 Å². The lowest BCUT2D eigenvalue weighted by atomic mass is 10.1. The van der Waals surface area contributed by atoms with Crippen LogP contribution in [-0.2, 0) is 9.59 Å². The zero-order chi connectivity index (χ0) is 26.0. The van der Waals surface area contributed by atoms with E-state index in [1.807, 2.05) is 12.1 Å². The van der Waals surface area contributed by atoms with Crippen molar-refractivity contribution in [2.24, 2.45) is 0 Å². The fraction of sp³-hybridized carbons (Fsp3) is 0.115. The Morgan fingerprint density at radius 3 is 2.33 bits per heavy atom. The summed E-state index contributed by atoms with van der Waals surface area (Å²) in [5.41, 5.74) is 2.30. The van der Waals surface area contributed by atoms with Crippen LogP contribution in [0.4, 0.5) is 17.1 Å². The lowest BCUT2D eigenvalue weighted by Gasteiger charge is -2.19. The van der Waals surface area contributed by atoms with E-state index in [1.54, 1.807) is 55.5 Å². The third-order valence-electron chi connectivity index (χ3n) is 5.52. The Labute approximate surface area is 221 Å². The number of anilines is 3. The molecule has 184 valence electrons. The number of nitrogens with zero attached hydrogens (tertiary/aromatic N) is 1. The summed E-state index contributed by atoms with van der Waals surface area (Å²) in [5.74, 6) is -0.920.